The molecule has 1 heterocycles. The van der Waals surface area contributed by atoms with E-state index in [2.05, 4.69) is 20.9 Å². The number of aromatic nitrogens is 1. The Morgan fingerprint density at radius 1 is 1.16 bits per heavy atom. The van der Waals surface area contributed by atoms with E-state index in [-0.39, 0.29) is 33.4 Å². The van der Waals surface area contributed by atoms with Gasteiger partial charge in [-0.1, -0.05) is 36.4 Å². The van der Waals surface area contributed by atoms with Crippen LogP contribution in [-0.2, 0) is 11.3 Å². The second kappa shape index (κ2) is 6.86. The van der Waals surface area contributed by atoms with E-state index in [1.54, 1.807) is 24.3 Å². The van der Waals surface area contributed by atoms with Gasteiger partial charge < -0.3 is 9.72 Å². The number of carbonyl (C=O) groups is 1. The van der Waals surface area contributed by atoms with E-state index < -0.39 is 16.3 Å². The molecule has 0 aliphatic rings. The largest absolute Gasteiger partial charge is 0.456 e. The minimum atomic E-state index is -0.784. The lowest BCUT2D eigenvalue weighted by molar-refractivity contribution is -0.383. The Hall–Kier alpha value is -3.00. The highest BCUT2D eigenvalue weighted by Gasteiger charge is 2.22. The molecular formula is C17H11BrN2O5. The minimum Gasteiger partial charge on any atom is -0.456 e. The number of nitrogens with zero attached hydrogens (tertiary/aromatic N) is 1. The molecule has 0 atom stereocenters. The van der Waals surface area contributed by atoms with Crippen molar-refractivity contribution in [3.05, 3.63) is 84.6 Å². The second-order valence-electron chi connectivity index (χ2n) is 5.16. The molecule has 0 unspecified atom stereocenters. The smallest absolute Gasteiger partial charge is 0.356 e. The lowest BCUT2D eigenvalue weighted by Gasteiger charge is -2.08. The van der Waals surface area contributed by atoms with Gasteiger partial charge in [-0.2, -0.15) is 0 Å². The van der Waals surface area contributed by atoms with Crippen LogP contribution in [0.4, 0.5) is 5.69 Å². The van der Waals surface area contributed by atoms with Crippen molar-refractivity contribution in [1.82, 2.24) is 4.98 Å². The average molecular weight is 403 g/mol. The molecule has 2 aromatic carbocycles. The maximum absolute atomic E-state index is 12.4. The highest BCUT2D eigenvalue weighted by Crippen LogP contribution is 2.24. The summed E-state index contributed by atoms with van der Waals surface area (Å²) < 4.78 is 5.16. The second-order valence-corrected chi connectivity index (χ2v) is 5.95. The van der Waals surface area contributed by atoms with Crippen LogP contribution in [0.25, 0.3) is 10.9 Å². The number of benzene rings is 2. The van der Waals surface area contributed by atoms with Crippen LogP contribution in [0, 0.1) is 10.1 Å². The first-order valence-corrected chi connectivity index (χ1v) is 7.98. The van der Waals surface area contributed by atoms with Crippen molar-refractivity contribution < 1.29 is 14.5 Å². The van der Waals surface area contributed by atoms with Crippen molar-refractivity contribution in [2.24, 2.45) is 0 Å². The quantitative estimate of drug-likeness (QED) is 0.408. The van der Waals surface area contributed by atoms with Crippen LogP contribution in [-0.4, -0.2) is 15.9 Å². The Balaban J connectivity index is 2.02. The molecule has 0 bridgehead atoms. The molecule has 0 aliphatic heterocycles. The van der Waals surface area contributed by atoms with Crippen molar-refractivity contribution in [2.75, 3.05) is 0 Å². The van der Waals surface area contributed by atoms with E-state index in [0.717, 1.165) is 5.56 Å². The van der Waals surface area contributed by atoms with Gasteiger partial charge in [-0.05, 0) is 27.6 Å². The standard InChI is InChI=1S/C17H11BrN2O5/c18-13-15(17(22)25-9-10-5-2-1-3-6-10)19-14-11(16(13)21)7-4-8-12(14)20(23)24/h1-8H,9H2,(H,19,21). The summed E-state index contributed by atoms with van der Waals surface area (Å²) in [5.41, 5.74) is -0.223. The third-order valence-electron chi connectivity index (χ3n) is 3.57. The van der Waals surface area contributed by atoms with Crippen molar-refractivity contribution in [3.63, 3.8) is 0 Å². The highest BCUT2D eigenvalue weighted by molar-refractivity contribution is 9.10. The Morgan fingerprint density at radius 2 is 1.88 bits per heavy atom. The van der Waals surface area contributed by atoms with Crippen LogP contribution in [0.1, 0.15) is 16.1 Å². The van der Waals surface area contributed by atoms with E-state index in [0.29, 0.717) is 0 Å². The van der Waals surface area contributed by atoms with Gasteiger partial charge >= 0.3 is 5.97 Å². The molecule has 0 aliphatic carbocycles. The van der Waals surface area contributed by atoms with E-state index in [4.69, 9.17) is 4.74 Å². The maximum atomic E-state index is 12.4. The first kappa shape index (κ1) is 16.8. The monoisotopic (exact) mass is 402 g/mol. The predicted molar refractivity (Wildman–Crippen MR) is 94.5 cm³/mol. The van der Waals surface area contributed by atoms with Crippen molar-refractivity contribution in [2.45, 2.75) is 6.61 Å². The summed E-state index contributed by atoms with van der Waals surface area (Å²) in [5, 5.41) is 11.3. The number of aromatic amines is 1. The number of non-ortho nitro benzene ring substituents is 1. The first-order chi connectivity index (χ1) is 12.0. The van der Waals surface area contributed by atoms with E-state index in [1.165, 1.54) is 18.2 Å². The molecular weight excluding hydrogens is 392 g/mol. The maximum Gasteiger partial charge on any atom is 0.356 e. The summed E-state index contributed by atoms with van der Waals surface area (Å²) in [7, 11) is 0. The number of rotatable bonds is 4. The fraction of sp³-hybridized carbons (Fsp3) is 0.0588. The van der Waals surface area contributed by atoms with Gasteiger partial charge in [0.15, 0.2) is 0 Å². The Labute approximate surface area is 149 Å². The van der Waals surface area contributed by atoms with Crippen molar-refractivity contribution in [3.8, 4) is 0 Å². The Bertz CT molecular complexity index is 1030. The fourth-order valence-corrected chi connectivity index (χ4v) is 2.83. The third-order valence-corrected chi connectivity index (χ3v) is 4.33. The number of hydrogen-bond donors (Lipinski definition) is 1. The molecule has 1 aromatic heterocycles. The molecule has 3 rings (SSSR count). The van der Waals surface area contributed by atoms with Gasteiger partial charge in [0.2, 0.25) is 5.43 Å². The number of pyridine rings is 1. The molecule has 0 amide bonds. The summed E-state index contributed by atoms with van der Waals surface area (Å²) in [6.07, 6.45) is 0. The predicted octanol–water partition coefficient (Wildman–Crippen LogP) is 3.56. The van der Waals surface area contributed by atoms with E-state index in [9.17, 15) is 19.7 Å². The molecule has 0 radical (unpaired) electrons. The number of nitrogens with one attached hydrogen (secondary N) is 1. The van der Waals surface area contributed by atoms with Crippen molar-refractivity contribution >= 4 is 38.5 Å². The number of hydrogen-bond acceptors (Lipinski definition) is 5. The highest BCUT2D eigenvalue weighted by atomic mass is 79.9. The number of para-hydroxylation sites is 1. The average Bonchev–Trinajstić information content (AvgIpc) is 2.63. The molecule has 0 saturated carbocycles. The van der Waals surface area contributed by atoms with Gasteiger partial charge in [0.1, 0.15) is 17.8 Å². The summed E-state index contributed by atoms with van der Waals surface area (Å²) in [6, 6.07) is 13.1. The number of H-pyrrole nitrogens is 1. The molecule has 7 nitrogen and oxygen atoms in total. The first-order valence-electron chi connectivity index (χ1n) is 7.19. The minimum absolute atomic E-state index is 0.0169. The Kier molecular flexibility index (Phi) is 4.62. The van der Waals surface area contributed by atoms with Gasteiger partial charge in [-0.3, -0.25) is 14.9 Å². The topological polar surface area (TPSA) is 102 Å². The summed E-state index contributed by atoms with van der Waals surface area (Å²) >= 11 is 3.08. The molecule has 126 valence electrons. The number of ether oxygens (including phenoxy) is 1. The van der Waals surface area contributed by atoms with Crippen molar-refractivity contribution in [1.29, 1.82) is 0 Å². The van der Waals surface area contributed by atoms with Gasteiger partial charge in [0.05, 0.1) is 14.8 Å². The normalized spacial score (nSPS) is 10.6. The van der Waals surface area contributed by atoms with Crippen LogP contribution >= 0.6 is 15.9 Å². The van der Waals surface area contributed by atoms with Gasteiger partial charge in [0, 0.05) is 6.07 Å². The zero-order valence-electron chi connectivity index (χ0n) is 12.7. The zero-order valence-corrected chi connectivity index (χ0v) is 14.3. The molecule has 8 heteroatoms. The summed E-state index contributed by atoms with van der Waals surface area (Å²) in [5.74, 6) is -0.784. The molecule has 0 saturated heterocycles. The van der Waals surface area contributed by atoms with Crippen LogP contribution in [0.15, 0.2) is 57.8 Å². The number of esters is 1. The number of nitro groups is 1. The van der Waals surface area contributed by atoms with Crippen LogP contribution < -0.4 is 5.43 Å². The van der Waals surface area contributed by atoms with Crippen LogP contribution in [0.5, 0.6) is 0 Å². The number of halogens is 1. The van der Waals surface area contributed by atoms with Gasteiger partial charge in [0.25, 0.3) is 5.69 Å². The lowest BCUT2D eigenvalue weighted by atomic mass is 10.1. The molecule has 25 heavy (non-hydrogen) atoms. The number of carbonyl (C=O) groups excluding carboxylic acids is 1. The molecule has 3 aromatic rings. The molecule has 0 fully saturated rings. The molecule has 0 spiro atoms. The SMILES string of the molecule is O=C(OCc1ccccc1)c1[nH]c2c([N+](=O)[O-])cccc2c(=O)c1Br. The fourth-order valence-electron chi connectivity index (χ4n) is 2.36. The van der Waals surface area contributed by atoms with Gasteiger partial charge in [-0.15, -0.1) is 0 Å². The Morgan fingerprint density at radius 3 is 2.56 bits per heavy atom. The molecule has 1 N–H and O–H groups in total. The number of nitro benzene ring substituents is 1. The summed E-state index contributed by atoms with van der Waals surface area (Å²) in [6.45, 7) is 0.0169. The number of fused-ring (bicyclic) bond motifs is 1. The van der Waals surface area contributed by atoms with Crippen LogP contribution in [0.3, 0.4) is 0 Å². The van der Waals surface area contributed by atoms with Gasteiger partial charge in [-0.25, -0.2) is 4.79 Å². The van der Waals surface area contributed by atoms with Crippen LogP contribution in [0.2, 0.25) is 0 Å². The van der Waals surface area contributed by atoms with E-state index in [1.807, 2.05) is 6.07 Å². The zero-order chi connectivity index (χ0) is 18.0. The summed E-state index contributed by atoms with van der Waals surface area (Å²) in [4.78, 5) is 37.9. The lowest BCUT2D eigenvalue weighted by Crippen LogP contribution is -2.16. The third kappa shape index (κ3) is 3.29. The van der Waals surface area contributed by atoms with E-state index >= 15 is 0 Å².